The van der Waals surface area contributed by atoms with Crippen molar-refractivity contribution >= 4 is 17.4 Å². The number of para-hydroxylation sites is 1. The van der Waals surface area contributed by atoms with Gasteiger partial charge in [0.05, 0.1) is 54.0 Å². The smallest absolute Gasteiger partial charge is 0.226 e. The number of piperazine rings is 1. The Morgan fingerprint density at radius 2 is 1.19 bits per heavy atom. The molecule has 1 amide bonds. The van der Waals surface area contributed by atoms with Gasteiger partial charge in [-0.15, -0.1) is 0 Å². The zero-order valence-electron chi connectivity index (χ0n) is 36.3. The molecule has 0 saturated carbocycles. The van der Waals surface area contributed by atoms with Crippen LogP contribution in [0.2, 0.25) is 0 Å². The Labute approximate surface area is 351 Å². The summed E-state index contributed by atoms with van der Waals surface area (Å²) < 4.78 is 12.6. The van der Waals surface area contributed by atoms with Gasteiger partial charge in [-0.05, 0) is 83.3 Å². The SMILES string of the molecule is CCCCCC[C@H](O)CCC[C@H](O)[C@H]1CC[C@H]([C@H]2CC[C@H]([C@H](O)CCCCCCCCCCCCC(CC(C)=O)C(=O)N3CCN(c4ccccc4C#N)CC3)O2)O1. The van der Waals surface area contributed by atoms with E-state index < -0.39 is 12.2 Å². The maximum Gasteiger partial charge on any atom is 0.226 e. The van der Waals surface area contributed by atoms with Crippen molar-refractivity contribution in [3.8, 4) is 6.07 Å². The maximum atomic E-state index is 13.4. The number of carbonyl (C=O) groups excluding carboxylic acids is 2. The van der Waals surface area contributed by atoms with E-state index >= 15 is 0 Å². The van der Waals surface area contributed by atoms with Gasteiger partial charge < -0.3 is 39.4 Å². The number of carbonyl (C=O) groups is 2. The van der Waals surface area contributed by atoms with Crippen molar-refractivity contribution in [3.05, 3.63) is 29.8 Å². The third-order valence-corrected chi connectivity index (χ3v) is 13.0. The van der Waals surface area contributed by atoms with Gasteiger partial charge in [0.2, 0.25) is 5.91 Å². The molecule has 3 N–H and O–H groups in total. The summed E-state index contributed by atoms with van der Waals surface area (Å²) in [5, 5.41) is 41.4. The normalized spacial score (nSPS) is 23.1. The molecule has 328 valence electrons. The lowest BCUT2D eigenvalue weighted by Gasteiger charge is -2.38. The van der Waals surface area contributed by atoms with Crippen molar-refractivity contribution < 1.29 is 34.4 Å². The van der Waals surface area contributed by atoms with Crippen molar-refractivity contribution in [3.63, 3.8) is 0 Å². The first-order valence-corrected chi connectivity index (χ1v) is 23.6. The molecule has 8 atom stereocenters. The van der Waals surface area contributed by atoms with Crippen molar-refractivity contribution in [2.24, 2.45) is 5.92 Å². The summed E-state index contributed by atoms with van der Waals surface area (Å²) in [4.78, 5) is 29.6. The van der Waals surface area contributed by atoms with Gasteiger partial charge in [-0.2, -0.15) is 5.26 Å². The Bertz CT molecular complexity index is 1350. The van der Waals surface area contributed by atoms with Gasteiger partial charge in [0.25, 0.3) is 0 Å². The van der Waals surface area contributed by atoms with Gasteiger partial charge in [0, 0.05) is 38.5 Å². The fourth-order valence-electron chi connectivity index (χ4n) is 9.47. The molecule has 0 bridgehead atoms. The summed E-state index contributed by atoms with van der Waals surface area (Å²) in [6, 6.07) is 9.88. The van der Waals surface area contributed by atoms with Crippen LogP contribution >= 0.6 is 0 Å². The fourth-order valence-corrected chi connectivity index (χ4v) is 9.47. The molecule has 3 heterocycles. The Hall–Kier alpha value is -2.55. The number of nitriles is 1. The van der Waals surface area contributed by atoms with Gasteiger partial charge in [-0.3, -0.25) is 4.79 Å². The van der Waals surface area contributed by atoms with Crippen LogP contribution in [0.15, 0.2) is 24.3 Å². The minimum atomic E-state index is -0.498. The average molecular weight is 810 g/mol. The number of anilines is 1. The Kier molecular flexibility index (Phi) is 22.7. The third kappa shape index (κ3) is 16.8. The van der Waals surface area contributed by atoms with E-state index in [-0.39, 0.29) is 48.1 Å². The van der Waals surface area contributed by atoms with E-state index in [1.165, 1.54) is 51.4 Å². The molecular weight excluding hydrogens is 731 g/mol. The molecule has 3 saturated heterocycles. The number of unbranched alkanes of at least 4 members (excludes halogenated alkanes) is 12. The zero-order chi connectivity index (χ0) is 41.5. The Morgan fingerprint density at radius 1 is 0.690 bits per heavy atom. The van der Waals surface area contributed by atoms with Crippen LogP contribution in [-0.2, 0) is 19.1 Å². The van der Waals surface area contributed by atoms with Crippen LogP contribution in [-0.4, -0.2) is 101 Å². The summed E-state index contributed by atoms with van der Waals surface area (Å²) in [5.41, 5.74) is 1.58. The van der Waals surface area contributed by atoms with Gasteiger partial charge >= 0.3 is 0 Å². The molecular formula is C48H79N3O7. The van der Waals surface area contributed by atoms with Gasteiger partial charge in [0.15, 0.2) is 0 Å². The maximum absolute atomic E-state index is 13.4. The number of rotatable bonds is 29. The predicted octanol–water partition coefficient (Wildman–Crippen LogP) is 8.80. The molecule has 10 heteroatoms. The highest BCUT2D eigenvalue weighted by atomic mass is 16.6. The number of hydrogen-bond donors (Lipinski definition) is 3. The molecule has 0 radical (unpaired) electrons. The quantitative estimate of drug-likeness (QED) is 0.0677. The van der Waals surface area contributed by atoms with E-state index in [4.69, 9.17) is 9.47 Å². The minimum absolute atomic E-state index is 0.000649. The molecule has 3 aliphatic rings. The lowest BCUT2D eigenvalue weighted by Crippen LogP contribution is -2.50. The van der Waals surface area contributed by atoms with Crippen LogP contribution < -0.4 is 4.90 Å². The summed E-state index contributed by atoms with van der Waals surface area (Å²) >= 11 is 0. The number of aliphatic hydroxyl groups excluding tert-OH is 3. The molecule has 0 aromatic heterocycles. The number of aliphatic hydroxyl groups is 3. The number of ether oxygens (including phenoxy) is 2. The van der Waals surface area contributed by atoms with E-state index in [9.17, 15) is 30.2 Å². The lowest BCUT2D eigenvalue weighted by atomic mass is 9.93. The number of ketones is 1. The Morgan fingerprint density at radius 3 is 1.76 bits per heavy atom. The van der Waals surface area contributed by atoms with Crippen LogP contribution in [0.25, 0.3) is 0 Å². The highest BCUT2D eigenvalue weighted by molar-refractivity contribution is 5.86. The molecule has 0 spiro atoms. The highest BCUT2D eigenvalue weighted by Gasteiger charge is 2.40. The van der Waals surface area contributed by atoms with E-state index in [0.29, 0.717) is 44.6 Å². The first kappa shape index (κ1) is 48.1. The van der Waals surface area contributed by atoms with Crippen molar-refractivity contribution in [1.29, 1.82) is 5.26 Å². The predicted molar refractivity (Wildman–Crippen MR) is 231 cm³/mol. The van der Waals surface area contributed by atoms with Crippen LogP contribution in [0, 0.1) is 17.2 Å². The molecule has 1 aromatic rings. The molecule has 10 nitrogen and oxygen atoms in total. The molecule has 3 aliphatic heterocycles. The number of Topliss-reactive ketones (excluding diaryl/α,β-unsaturated/α-hetero) is 1. The van der Waals surface area contributed by atoms with E-state index in [1.807, 2.05) is 29.2 Å². The van der Waals surface area contributed by atoms with E-state index in [1.54, 1.807) is 6.92 Å². The molecule has 1 aromatic carbocycles. The van der Waals surface area contributed by atoms with Crippen molar-refractivity contribution in [2.45, 2.75) is 217 Å². The van der Waals surface area contributed by atoms with Crippen LogP contribution in [0.1, 0.15) is 180 Å². The van der Waals surface area contributed by atoms with Gasteiger partial charge in [-0.1, -0.05) is 109 Å². The highest BCUT2D eigenvalue weighted by Crippen LogP contribution is 2.35. The molecule has 0 aliphatic carbocycles. The monoisotopic (exact) mass is 810 g/mol. The second kappa shape index (κ2) is 27.3. The van der Waals surface area contributed by atoms with Gasteiger partial charge in [0.1, 0.15) is 11.9 Å². The number of amides is 1. The van der Waals surface area contributed by atoms with Gasteiger partial charge in [-0.25, -0.2) is 0 Å². The third-order valence-electron chi connectivity index (χ3n) is 13.0. The lowest BCUT2D eigenvalue weighted by molar-refractivity contribution is -0.138. The molecule has 1 unspecified atom stereocenters. The fraction of sp³-hybridized carbons (Fsp3) is 0.812. The number of benzene rings is 1. The van der Waals surface area contributed by atoms with E-state index in [0.717, 1.165) is 102 Å². The standard InChI is InChI=1S/C48H79N3O7/c1-3-4-5-15-22-40(53)23-19-26-43(55)45-28-30-47(58-45)46-29-27-44(57-46)42(54)25-16-13-11-9-7-6-8-10-12-14-20-38(35-37(2)52)48(56)51-33-31-50(32-34-51)41-24-18-17-21-39(41)36-49/h17-18,21,24,38,40,42-47,53-55H,3-16,19-20,22-23,25-35H2,1-2H3/t38?,40-,42+,43-,44+,45+,46+,47+/m0/s1. The van der Waals surface area contributed by atoms with Crippen molar-refractivity contribution in [2.75, 3.05) is 31.1 Å². The average Bonchev–Trinajstić information content (AvgIpc) is 3.93. The summed E-state index contributed by atoms with van der Waals surface area (Å²) in [6.07, 6.45) is 23.0. The Balaban J connectivity index is 0.975. The zero-order valence-corrected chi connectivity index (χ0v) is 36.3. The summed E-state index contributed by atoms with van der Waals surface area (Å²) in [7, 11) is 0. The van der Waals surface area contributed by atoms with Crippen molar-refractivity contribution in [1.82, 2.24) is 4.90 Å². The summed E-state index contributed by atoms with van der Waals surface area (Å²) in [5.74, 6) is -0.0624. The first-order chi connectivity index (χ1) is 28.2. The molecule has 4 rings (SSSR count). The summed E-state index contributed by atoms with van der Waals surface area (Å²) in [6.45, 7) is 6.38. The van der Waals surface area contributed by atoms with Crippen LogP contribution in [0.3, 0.4) is 0 Å². The number of nitrogens with zero attached hydrogens (tertiary/aromatic N) is 3. The second-order valence-corrected chi connectivity index (χ2v) is 17.8. The van der Waals surface area contributed by atoms with Crippen LogP contribution in [0.5, 0.6) is 0 Å². The largest absolute Gasteiger partial charge is 0.393 e. The number of hydrogen-bond acceptors (Lipinski definition) is 9. The molecule has 58 heavy (non-hydrogen) atoms. The second-order valence-electron chi connectivity index (χ2n) is 17.8. The topological polar surface area (TPSA) is 144 Å². The van der Waals surface area contributed by atoms with E-state index in [2.05, 4.69) is 17.9 Å². The van der Waals surface area contributed by atoms with Crippen LogP contribution in [0.4, 0.5) is 5.69 Å². The molecule has 3 fully saturated rings. The first-order valence-electron chi connectivity index (χ1n) is 23.6. The minimum Gasteiger partial charge on any atom is -0.393 e.